The predicted molar refractivity (Wildman–Crippen MR) is 86.1 cm³/mol. The first-order valence-corrected chi connectivity index (χ1v) is 7.88. The minimum Gasteiger partial charge on any atom is -0.398 e. The van der Waals surface area contributed by atoms with Gasteiger partial charge in [-0.25, -0.2) is 4.68 Å². The molecule has 0 saturated heterocycles. The number of aromatic nitrogens is 4. The molecule has 0 fully saturated rings. The predicted octanol–water partition coefficient (Wildman–Crippen LogP) is 4.11. The molecule has 1 heterocycles. The van der Waals surface area contributed by atoms with Crippen LogP contribution in [0.15, 0.2) is 18.2 Å². The van der Waals surface area contributed by atoms with Crippen LogP contribution in [0.25, 0.3) is 11.4 Å². The van der Waals surface area contributed by atoms with Gasteiger partial charge in [0.2, 0.25) is 0 Å². The summed E-state index contributed by atoms with van der Waals surface area (Å²) in [7, 11) is 0. The summed E-state index contributed by atoms with van der Waals surface area (Å²) in [6.45, 7) is 4.38. The number of anilines is 1. The minimum atomic E-state index is 0.330. The zero-order valence-electron chi connectivity index (χ0n) is 12.6. The molecule has 2 aromatic rings. The lowest BCUT2D eigenvalue weighted by molar-refractivity contribution is 0.380. The van der Waals surface area contributed by atoms with E-state index in [1.165, 1.54) is 12.8 Å². The van der Waals surface area contributed by atoms with Crippen molar-refractivity contribution in [2.75, 3.05) is 5.73 Å². The molecular formula is C15H22ClN5. The van der Waals surface area contributed by atoms with Gasteiger partial charge in [-0.1, -0.05) is 44.7 Å². The molecule has 1 aromatic heterocycles. The molecule has 0 amide bonds. The van der Waals surface area contributed by atoms with Crippen molar-refractivity contribution in [3.8, 4) is 11.4 Å². The molecule has 2 N–H and O–H groups in total. The van der Waals surface area contributed by atoms with Gasteiger partial charge in [0.1, 0.15) is 0 Å². The van der Waals surface area contributed by atoms with Crippen molar-refractivity contribution >= 4 is 17.3 Å². The number of unbranched alkanes of at least 4 members (excludes halogenated alkanes) is 1. The Morgan fingerprint density at radius 1 is 1.24 bits per heavy atom. The van der Waals surface area contributed by atoms with Crippen LogP contribution in [0.4, 0.5) is 5.69 Å². The lowest BCUT2D eigenvalue weighted by Gasteiger charge is -2.17. The van der Waals surface area contributed by atoms with Crippen molar-refractivity contribution < 1.29 is 0 Å². The molecule has 0 radical (unpaired) electrons. The van der Waals surface area contributed by atoms with Gasteiger partial charge in [-0.3, -0.25) is 0 Å². The van der Waals surface area contributed by atoms with Gasteiger partial charge < -0.3 is 5.73 Å². The van der Waals surface area contributed by atoms with E-state index in [9.17, 15) is 0 Å². The summed E-state index contributed by atoms with van der Waals surface area (Å²) in [6.07, 6.45) is 5.61. The maximum absolute atomic E-state index is 6.10. The van der Waals surface area contributed by atoms with Crippen LogP contribution in [0.5, 0.6) is 0 Å². The first-order valence-electron chi connectivity index (χ1n) is 7.50. The van der Waals surface area contributed by atoms with E-state index in [2.05, 4.69) is 29.4 Å². The molecular weight excluding hydrogens is 286 g/mol. The Hall–Kier alpha value is -1.62. The van der Waals surface area contributed by atoms with Gasteiger partial charge in [-0.15, -0.1) is 5.10 Å². The zero-order valence-corrected chi connectivity index (χ0v) is 13.3. The van der Waals surface area contributed by atoms with Crippen LogP contribution in [-0.4, -0.2) is 20.2 Å². The average Bonchev–Trinajstić information content (AvgIpc) is 2.95. The van der Waals surface area contributed by atoms with Crippen LogP contribution in [0, 0.1) is 0 Å². The first kappa shape index (κ1) is 15.8. The van der Waals surface area contributed by atoms with Gasteiger partial charge in [-0.2, -0.15) is 0 Å². The Morgan fingerprint density at radius 2 is 2.05 bits per heavy atom. The standard InChI is InChI=1S/C15H22ClN5/c1-3-5-7-12(6-4-2)21-15(18-19-20-21)11-8-9-14(17)13(16)10-11/h8-10,12H,3-7,17H2,1-2H3. The Labute approximate surface area is 130 Å². The maximum Gasteiger partial charge on any atom is 0.182 e. The molecule has 21 heavy (non-hydrogen) atoms. The second-order valence-electron chi connectivity index (χ2n) is 5.27. The smallest absolute Gasteiger partial charge is 0.182 e. The van der Waals surface area contributed by atoms with E-state index in [4.69, 9.17) is 17.3 Å². The molecule has 114 valence electrons. The fraction of sp³-hybridized carbons (Fsp3) is 0.533. The molecule has 1 unspecified atom stereocenters. The molecule has 0 aliphatic rings. The molecule has 0 spiro atoms. The second kappa shape index (κ2) is 7.41. The van der Waals surface area contributed by atoms with Gasteiger partial charge in [0.25, 0.3) is 0 Å². The summed E-state index contributed by atoms with van der Waals surface area (Å²) in [5, 5.41) is 12.7. The number of hydrogen-bond donors (Lipinski definition) is 1. The van der Waals surface area contributed by atoms with Gasteiger partial charge >= 0.3 is 0 Å². The molecule has 0 aliphatic heterocycles. The monoisotopic (exact) mass is 307 g/mol. The topological polar surface area (TPSA) is 69.6 Å². The van der Waals surface area contributed by atoms with Gasteiger partial charge in [-0.05, 0) is 41.5 Å². The van der Waals surface area contributed by atoms with E-state index in [-0.39, 0.29) is 0 Å². The summed E-state index contributed by atoms with van der Waals surface area (Å²) in [4.78, 5) is 0. The van der Waals surface area contributed by atoms with Crippen molar-refractivity contribution in [2.24, 2.45) is 0 Å². The first-order chi connectivity index (χ1) is 10.2. The summed E-state index contributed by atoms with van der Waals surface area (Å²) >= 11 is 6.10. The fourth-order valence-corrected chi connectivity index (χ4v) is 2.64. The molecule has 1 atom stereocenters. The highest BCUT2D eigenvalue weighted by Gasteiger charge is 2.18. The summed E-state index contributed by atoms with van der Waals surface area (Å²) < 4.78 is 1.93. The third-order valence-corrected chi connectivity index (χ3v) is 3.94. The van der Waals surface area contributed by atoms with E-state index < -0.39 is 0 Å². The Balaban J connectivity index is 2.33. The van der Waals surface area contributed by atoms with Gasteiger partial charge in [0.15, 0.2) is 5.82 Å². The normalized spacial score (nSPS) is 12.5. The number of nitrogen functional groups attached to an aromatic ring is 1. The zero-order chi connectivity index (χ0) is 15.2. The van der Waals surface area contributed by atoms with Crippen molar-refractivity contribution in [1.82, 2.24) is 20.2 Å². The highest BCUT2D eigenvalue weighted by Crippen LogP contribution is 2.29. The number of hydrogen-bond acceptors (Lipinski definition) is 4. The van der Waals surface area contributed by atoms with Crippen LogP contribution in [0.3, 0.4) is 0 Å². The summed E-state index contributed by atoms with van der Waals surface area (Å²) in [6, 6.07) is 5.85. The van der Waals surface area contributed by atoms with E-state index in [0.717, 1.165) is 30.7 Å². The largest absolute Gasteiger partial charge is 0.398 e. The van der Waals surface area contributed by atoms with E-state index in [1.807, 2.05) is 16.8 Å². The molecule has 0 bridgehead atoms. The lowest BCUT2D eigenvalue weighted by atomic mass is 10.0. The third-order valence-electron chi connectivity index (χ3n) is 3.61. The SMILES string of the molecule is CCCCC(CCC)n1nnnc1-c1ccc(N)c(Cl)c1. The molecule has 0 saturated carbocycles. The van der Waals surface area contributed by atoms with Gasteiger partial charge in [0.05, 0.1) is 16.8 Å². The van der Waals surface area contributed by atoms with E-state index in [1.54, 1.807) is 6.07 Å². The second-order valence-corrected chi connectivity index (χ2v) is 5.68. The minimum absolute atomic E-state index is 0.330. The molecule has 1 aromatic carbocycles. The van der Waals surface area contributed by atoms with Crippen LogP contribution < -0.4 is 5.73 Å². The molecule has 2 rings (SSSR count). The number of benzene rings is 1. The number of nitrogens with two attached hydrogens (primary N) is 1. The summed E-state index contributed by atoms with van der Waals surface area (Å²) in [5.74, 6) is 0.756. The average molecular weight is 308 g/mol. The lowest BCUT2D eigenvalue weighted by Crippen LogP contribution is -2.12. The van der Waals surface area contributed by atoms with Crippen molar-refractivity contribution in [3.63, 3.8) is 0 Å². The Kier molecular flexibility index (Phi) is 5.56. The van der Waals surface area contributed by atoms with Crippen molar-refractivity contribution in [3.05, 3.63) is 23.2 Å². The van der Waals surface area contributed by atoms with Crippen LogP contribution in [0.1, 0.15) is 52.0 Å². The van der Waals surface area contributed by atoms with Gasteiger partial charge in [0, 0.05) is 5.56 Å². The van der Waals surface area contributed by atoms with E-state index >= 15 is 0 Å². The van der Waals surface area contributed by atoms with Crippen LogP contribution in [0.2, 0.25) is 5.02 Å². The number of rotatable bonds is 7. The fourth-order valence-electron chi connectivity index (χ4n) is 2.46. The number of tetrazole rings is 1. The van der Waals surface area contributed by atoms with E-state index in [0.29, 0.717) is 16.8 Å². The van der Waals surface area contributed by atoms with Crippen molar-refractivity contribution in [1.29, 1.82) is 0 Å². The highest BCUT2D eigenvalue weighted by molar-refractivity contribution is 6.33. The van der Waals surface area contributed by atoms with Crippen LogP contribution >= 0.6 is 11.6 Å². The number of halogens is 1. The molecule has 5 nitrogen and oxygen atoms in total. The maximum atomic E-state index is 6.10. The third kappa shape index (κ3) is 3.73. The quantitative estimate of drug-likeness (QED) is 0.782. The van der Waals surface area contributed by atoms with Crippen molar-refractivity contribution in [2.45, 2.75) is 52.0 Å². The summed E-state index contributed by atoms with van der Waals surface area (Å²) in [5.41, 5.74) is 7.23. The Bertz CT molecular complexity index is 581. The molecule has 0 aliphatic carbocycles. The number of nitrogens with zero attached hydrogens (tertiary/aromatic N) is 4. The Morgan fingerprint density at radius 3 is 2.71 bits per heavy atom. The molecule has 6 heteroatoms. The highest BCUT2D eigenvalue weighted by atomic mass is 35.5. The van der Waals surface area contributed by atoms with Crippen LogP contribution in [-0.2, 0) is 0 Å².